The molecule has 0 unspecified atom stereocenters. The molecule has 0 aliphatic heterocycles. The van der Waals surface area contributed by atoms with E-state index in [-0.39, 0.29) is 5.75 Å². The average molecular weight is 198 g/mol. The van der Waals surface area contributed by atoms with Crippen molar-refractivity contribution in [2.45, 2.75) is 13.8 Å². The van der Waals surface area contributed by atoms with E-state index in [1.165, 1.54) is 0 Å². The summed E-state index contributed by atoms with van der Waals surface area (Å²) in [6, 6.07) is 3.52. The number of aromatic hydroxyl groups is 1. The molecule has 0 fully saturated rings. The average Bonchev–Trinajstić information content (AvgIpc) is 1.99. The van der Waals surface area contributed by atoms with Gasteiger partial charge in [-0.2, -0.15) is 0 Å². The SMILES string of the molecule is C=C(Cl)Nc1cc(O)c(C)cc1C. The van der Waals surface area contributed by atoms with Gasteiger partial charge in [-0.3, -0.25) is 0 Å². The number of phenolic OH excluding ortho intramolecular Hbond substituents is 1. The Balaban J connectivity index is 3.08. The molecule has 3 heteroatoms. The summed E-state index contributed by atoms with van der Waals surface area (Å²) in [7, 11) is 0. The fraction of sp³-hybridized carbons (Fsp3) is 0.200. The smallest absolute Gasteiger partial charge is 0.120 e. The maximum absolute atomic E-state index is 9.42. The second kappa shape index (κ2) is 3.71. The lowest BCUT2D eigenvalue weighted by molar-refractivity contribution is 0.471. The molecule has 0 amide bonds. The number of nitrogens with one attached hydrogen (secondary N) is 1. The number of phenols is 1. The molecule has 0 heterocycles. The first-order chi connectivity index (χ1) is 6.00. The van der Waals surface area contributed by atoms with E-state index >= 15 is 0 Å². The van der Waals surface area contributed by atoms with E-state index in [0.717, 1.165) is 16.8 Å². The van der Waals surface area contributed by atoms with E-state index in [4.69, 9.17) is 11.6 Å². The van der Waals surface area contributed by atoms with E-state index in [2.05, 4.69) is 11.9 Å². The van der Waals surface area contributed by atoms with E-state index < -0.39 is 0 Å². The molecule has 0 spiro atoms. The minimum Gasteiger partial charge on any atom is -0.508 e. The van der Waals surface area contributed by atoms with Crippen molar-refractivity contribution >= 4 is 17.3 Å². The van der Waals surface area contributed by atoms with E-state index in [0.29, 0.717) is 5.16 Å². The van der Waals surface area contributed by atoms with Gasteiger partial charge in [-0.15, -0.1) is 0 Å². The highest BCUT2D eigenvalue weighted by Crippen LogP contribution is 2.26. The zero-order valence-corrected chi connectivity index (χ0v) is 8.44. The normalized spacial score (nSPS) is 9.77. The van der Waals surface area contributed by atoms with Crippen LogP contribution in [0.4, 0.5) is 5.69 Å². The molecule has 1 aromatic rings. The highest BCUT2D eigenvalue weighted by atomic mass is 35.5. The summed E-state index contributed by atoms with van der Waals surface area (Å²) in [5.41, 5.74) is 2.66. The van der Waals surface area contributed by atoms with Gasteiger partial charge in [0.05, 0.1) is 5.16 Å². The third-order valence-corrected chi connectivity index (χ3v) is 1.91. The van der Waals surface area contributed by atoms with Gasteiger partial charge in [0, 0.05) is 11.8 Å². The molecule has 1 rings (SSSR count). The Hall–Kier alpha value is -1.15. The quantitative estimate of drug-likeness (QED) is 0.714. The molecular weight excluding hydrogens is 186 g/mol. The van der Waals surface area contributed by atoms with E-state index in [9.17, 15) is 5.11 Å². The van der Waals surface area contributed by atoms with Crippen molar-refractivity contribution in [3.8, 4) is 5.75 Å². The topological polar surface area (TPSA) is 32.3 Å². The highest BCUT2D eigenvalue weighted by molar-refractivity contribution is 6.30. The van der Waals surface area contributed by atoms with Crippen LogP contribution in [0.1, 0.15) is 11.1 Å². The maximum Gasteiger partial charge on any atom is 0.120 e. The molecule has 0 saturated heterocycles. The van der Waals surface area contributed by atoms with Gasteiger partial charge in [0.1, 0.15) is 5.75 Å². The van der Waals surface area contributed by atoms with Gasteiger partial charge in [-0.05, 0) is 25.0 Å². The Morgan fingerprint density at radius 3 is 2.54 bits per heavy atom. The number of aryl methyl sites for hydroxylation is 2. The molecule has 2 N–H and O–H groups in total. The zero-order chi connectivity index (χ0) is 10.0. The number of rotatable bonds is 2. The largest absolute Gasteiger partial charge is 0.508 e. The van der Waals surface area contributed by atoms with Gasteiger partial charge in [0.25, 0.3) is 0 Å². The first-order valence-corrected chi connectivity index (χ1v) is 4.30. The van der Waals surface area contributed by atoms with Crippen LogP contribution in [0.25, 0.3) is 0 Å². The fourth-order valence-corrected chi connectivity index (χ4v) is 1.22. The Bertz CT molecular complexity index is 347. The number of anilines is 1. The predicted molar refractivity (Wildman–Crippen MR) is 56.2 cm³/mol. The van der Waals surface area contributed by atoms with Crippen LogP contribution >= 0.6 is 11.6 Å². The standard InChI is InChI=1S/C10H12ClNO/c1-6-4-7(2)10(13)5-9(6)12-8(3)11/h4-5,12-13H,3H2,1-2H3. The molecule has 70 valence electrons. The molecule has 0 radical (unpaired) electrons. The van der Waals surface area contributed by atoms with Gasteiger partial charge in [0.15, 0.2) is 0 Å². The van der Waals surface area contributed by atoms with Crippen LogP contribution in [-0.4, -0.2) is 5.11 Å². The molecular formula is C10H12ClNO. The summed E-state index contributed by atoms with van der Waals surface area (Å²) in [6.07, 6.45) is 0. The lowest BCUT2D eigenvalue weighted by atomic mass is 10.1. The summed E-state index contributed by atoms with van der Waals surface area (Å²) in [5, 5.41) is 12.6. The van der Waals surface area contributed by atoms with E-state index in [1.807, 2.05) is 19.9 Å². The Labute approximate surface area is 82.8 Å². The second-order valence-corrected chi connectivity index (χ2v) is 3.44. The monoisotopic (exact) mass is 197 g/mol. The summed E-state index contributed by atoms with van der Waals surface area (Å²) in [6.45, 7) is 7.30. The summed E-state index contributed by atoms with van der Waals surface area (Å²) in [4.78, 5) is 0. The zero-order valence-electron chi connectivity index (χ0n) is 7.69. The summed E-state index contributed by atoms with van der Waals surface area (Å²) in [5.74, 6) is 0.256. The van der Waals surface area contributed by atoms with Crippen LogP contribution in [0.2, 0.25) is 0 Å². The van der Waals surface area contributed by atoms with Crippen LogP contribution < -0.4 is 5.32 Å². The van der Waals surface area contributed by atoms with Crippen LogP contribution in [0.5, 0.6) is 5.75 Å². The lowest BCUT2D eigenvalue weighted by Gasteiger charge is -2.09. The van der Waals surface area contributed by atoms with E-state index in [1.54, 1.807) is 6.07 Å². The fourth-order valence-electron chi connectivity index (χ4n) is 1.12. The number of hydrogen-bond donors (Lipinski definition) is 2. The first-order valence-electron chi connectivity index (χ1n) is 3.92. The van der Waals surface area contributed by atoms with Crippen LogP contribution in [0.15, 0.2) is 23.9 Å². The van der Waals surface area contributed by atoms with Crippen molar-refractivity contribution < 1.29 is 5.11 Å². The maximum atomic E-state index is 9.42. The van der Waals surface area contributed by atoms with Gasteiger partial charge in [0.2, 0.25) is 0 Å². The summed E-state index contributed by atoms with van der Waals surface area (Å²) < 4.78 is 0. The predicted octanol–water partition coefficient (Wildman–Crippen LogP) is 3.13. The van der Waals surface area contributed by atoms with Gasteiger partial charge >= 0.3 is 0 Å². The molecule has 0 aromatic heterocycles. The number of halogens is 1. The molecule has 1 aromatic carbocycles. The molecule has 0 aliphatic carbocycles. The second-order valence-electron chi connectivity index (χ2n) is 2.98. The Morgan fingerprint density at radius 2 is 2.00 bits per heavy atom. The van der Waals surface area contributed by atoms with Gasteiger partial charge < -0.3 is 10.4 Å². The van der Waals surface area contributed by atoms with Crippen molar-refractivity contribution in [1.82, 2.24) is 0 Å². The minimum absolute atomic E-state index is 0.256. The summed E-state index contributed by atoms with van der Waals surface area (Å²) >= 11 is 5.59. The van der Waals surface area contributed by atoms with Gasteiger partial charge in [-0.25, -0.2) is 0 Å². The number of hydrogen-bond acceptors (Lipinski definition) is 2. The first kappa shape index (κ1) is 9.93. The molecule has 13 heavy (non-hydrogen) atoms. The van der Waals surface area contributed by atoms with Gasteiger partial charge in [-0.1, -0.05) is 24.2 Å². The molecule has 0 aliphatic rings. The van der Waals surface area contributed by atoms with Crippen molar-refractivity contribution in [2.75, 3.05) is 5.32 Å². The van der Waals surface area contributed by atoms with Crippen molar-refractivity contribution in [1.29, 1.82) is 0 Å². The van der Waals surface area contributed by atoms with Crippen LogP contribution in [-0.2, 0) is 0 Å². The molecule has 0 saturated carbocycles. The molecule has 0 bridgehead atoms. The van der Waals surface area contributed by atoms with Crippen molar-refractivity contribution in [3.05, 3.63) is 35.0 Å². The highest BCUT2D eigenvalue weighted by Gasteiger charge is 2.02. The molecule has 0 atom stereocenters. The van der Waals surface area contributed by atoms with Crippen LogP contribution in [0, 0.1) is 13.8 Å². The Kier molecular flexibility index (Phi) is 2.83. The Morgan fingerprint density at radius 1 is 1.38 bits per heavy atom. The van der Waals surface area contributed by atoms with Crippen molar-refractivity contribution in [2.24, 2.45) is 0 Å². The lowest BCUT2D eigenvalue weighted by Crippen LogP contribution is -1.94. The third-order valence-electron chi connectivity index (χ3n) is 1.81. The third kappa shape index (κ3) is 2.39. The minimum atomic E-state index is 0.256. The molecule has 2 nitrogen and oxygen atoms in total. The van der Waals surface area contributed by atoms with Crippen molar-refractivity contribution in [3.63, 3.8) is 0 Å². The number of benzene rings is 1. The van der Waals surface area contributed by atoms with Crippen LogP contribution in [0.3, 0.4) is 0 Å².